The van der Waals surface area contributed by atoms with Crippen molar-refractivity contribution in [2.75, 3.05) is 17.2 Å². The first kappa shape index (κ1) is 22.0. The Morgan fingerprint density at radius 3 is 2.67 bits per heavy atom. The first-order valence-corrected chi connectivity index (χ1v) is 9.75. The van der Waals surface area contributed by atoms with Crippen molar-refractivity contribution in [2.45, 2.75) is 23.2 Å². The minimum atomic E-state index is -4.60. The summed E-state index contributed by atoms with van der Waals surface area (Å²) in [5, 5.41) is 4.49. The van der Waals surface area contributed by atoms with Crippen LogP contribution in [0, 0.1) is 0 Å². The molecule has 0 aromatic heterocycles. The van der Waals surface area contributed by atoms with Gasteiger partial charge in [-0.1, -0.05) is 11.6 Å². The van der Waals surface area contributed by atoms with Gasteiger partial charge in [0.25, 0.3) is 5.91 Å². The van der Waals surface area contributed by atoms with Gasteiger partial charge in [-0.15, -0.1) is 11.8 Å². The summed E-state index contributed by atoms with van der Waals surface area (Å²) in [5.41, 5.74) is -0.676. The Hall–Kier alpha value is -2.72. The van der Waals surface area contributed by atoms with E-state index in [9.17, 15) is 27.6 Å². The second-order valence-corrected chi connectivity index (χ2v) is 8.07. The zero-order valence-corrected chi connectivity index (χ0v) is 16.9. The number of esters is 1. The van der Waals surface area contributed by atoms with Gasteiger partial charge in [-0.25, -0.2) is 4.79 Å². The Labute approximate surface area is 178 Å². The number of alkyl halides is 3. The third kappa shape index (κ3) is 5.06. The van der Waals surface area contributed by atoms with E-state index in [1.165, 1.54) is 23.9 Å². The minimum absolute atomic E-state index is 0.0974. The second kappa shape index (κ2) is 8.57. The van der Waals surface area contributed by atoms with Gasteiger partial charge in [-0.2, -0.15) is 13.2 Å². The standard InChI is InChI=1S/C19H14ClF3N2O4S/c1-9-17(27)25-14-6-10(2-5-15(14)30-9)18(28)29-8-16(26)24-13-7-11(19(21,22)23)3-4-12(13)20/h2-7,9H,8H2,1H3,(H,24,26)(H,25,27). The van der Waals surface area contributed by atoms with Crippen molar-refractivity contribution in [3.8, 4) is 0 Å². The number of carbonyl (C=O) groups is 3. The van der Waals surface area contributed by atoms with Gasteiger partial charge in [0.05, 0.1) is 32.8 Å². The Balaban J connectivity index is 1.62. The number of ether oxygens (including phenoxy) is 1. The van der Waals surface area contributed by atoms with Crippen LogP contribution in [0.1, 0.15) is 22.8 Å². The lowest BCUT2D eigenvalue weighted by Gasteiger charge is -2.21. The molecule has 2 aromatic rings. The molecule has 0 radical (unpaired) electrons. The molecule has 0 saturated heterocycles. The van der Waals surface area contributed by atoms with Crippen LogP contribution in [0.25, 0.3) is 0 Å². The van der Waals surface area contributed by atoms with E-state index < -0.39 is 30.2 Å². The van der Waals surface area contributed by atoms with Crippen molar-refractivity contribution in [2.24, 2.45) is 0 Å². The lowest BCUT2D eigenvalue weighted by molar-refractivity contribution is -0.137. The molecule has 2 aromatic carbocycles. The molecule has 11 heteroatoms. The first-order valence-electron chi connectivity index (χ1n) is 8.50. The second-order valence-electron chi connectivity index (χ2n) is 6.28. The van der Waals surface area contributed by atoms with Crippen molar-refractivity contribution in [1.82, 2.24) is 0 Å². The van der Waals surface area contributed by atoms with Crippen LogP contribution in [0.5, 0.6) is 0 Å². The van der Waals surface area contributed by atoms with Crippen molar-refractivity contribution in [3.05, 3.63) is 52.5 Å². The fraction of sp³-hybridized carbons (Fsp3) is 0.211. The van der Waals surface area contributed by atoms with Crippen LogP contribution >= 0.6 is 23.4 Å². The van der Waals surface area contributed by atoms with E-state index in [4.69, 9.17) is 16.3 Å². The SMILES string of the molecule is CC1Sc2ccc(C(=O)OCC(=O)Nc3cc(C(F)(F)F)ccc3Cl)cc2NC1=O. The predicted molar refractivity (Wildman–Crippen MR) is 106 cm³/mol. The van der Waals surface area contributed by atoms with E-state index in [1.807, 2.05) is 0 Å². The Morgan fingerprint density at radius 2 is 1.97 bits per heavy atom. The average Bonchev–Trinajstić information content (AvgIpc) is 2.67. The molecule has 1 atom stereocenters. The molecule has 2 N–H and O–H groups in total. The number of halogens is 4. The Bertz CT molecular complexity index is 1030. The molecule has 0 aliphatic carbocycles. The lowest BCUT2D eigenvalue weighted by atomic mass is 10.2. The fourth-order valence-electron chi connectivity index (χ4n) is 2.53. The summed E-state index contributed by atoms with van der Waals surface area (Å²) in [6, 6.07) is 7.04. The zero-order valence-electron chi connectivity index (χ0n) is 15.3. The molecule has 6 nitrogen and oxygen atoms in total. The van der Waals surface area contributed by atoms with Gasteiger partial charge in [0.1, 0.15) is 0 Å². The van der Waals surface area contributed by atoms with Gasteiger partial charge in [-0.3, -0.25) is 9.59 Å². The highest BCUT2D eigenvalue weighted by Crippen LogP contribution is 2.36. The quantitative estimate of drug-likeness (QED) is 0.655. The van der Waals surface area contributed by atoms with Crippen molar-refractivity contribution < 1.29 is 32.3 Å². The van der Waals surface area contributed by atoms with Crippen molar-refractivity contribution in [3.63, 3.8) is 0 Å². The number of hydrogen-bond acceptors (Lipinski definition) is 5. The van der Waals surface area contributed by atoms with Crippen LogP contribution in [0.3, 0.4) is 0 Å². The number of anilines is 2. The van der Waals surface area contributed by atoms with E-state index in [0.717, 1.165) is 17.0 Å². The van der Waals surface area contributed by atoms with E-state index >= 15 is 0 Å². The largest absolute Gasteiger partial charge is 0.452 e. The van der Waals surface area contributed by atoms with Gasteiger partial charge in [0.15, 0.2) is 6.61 Å². The molecule has 1 aliphatic heterocycles. The van der Waals surface area contributed by atoms with E-state index in [1.54, 1.807) is 13.0 Å². The average molecular weight is 459 g/mol. The molecule has 0 fully saturated rings. The van der Waals surface area contributed by atoms with Crippen LogP contribution < -0.4 is 10.6 Å². The summed E-state index contributed by atoms with van der Waals surface area (Å²) >= 11 is 7.16. The Kier molecular flexibility index (Phi) is 6.27. The molecule has 30 heavy (non-hydrogen) atoms. The van der Waals surface area contributed by atoms with E-state index in [-0.39, 0.29) is 27.4 Å². The number of nitrogens with one attached hydrogen (secondary N) is 2. The minimum Gasteiger partial charge on any atom is -0.452 e. The van der Waals surface area contributed by atoms with Gasteiger partial charge in [-0.05, 0) is 43.3 Å². The molecule has 1 aliphatic rings. The zero-order chi connectivity index (χ0) is 22.1. The van der Waals surface area contributed by atoms with Gasteiger partial charge in [0.2, 0.25) is 5.91 Å². The van der Waals surface area contributed by atoms with Crippen molar-refractivity contribution in [1.29, 1.82) is 0 Å². The highest BCUT2D eigenvalue weighted by Gasteiger charge is 2.31. The summed E-state index contributed by atoms with van der Waals surface area (Å²) in [7, 11) is 0. The molecule has 0 bridgehead atoms. The van der Waals surface area contributed by atoms with E-state index in [0.29, 0.717) is 11.8 Å². The molecular formula is C19H14ClF3N2O4S. The maximum Gasteiger partial charge on any atom is 0.416 e. The topological polar surface area (TPSA) is 84.5 Å². The summed E-state index contributed by atoms with van der Waals surface area (Å²) < 4.78 is 43.3. The normalized spacial score (nSPS) is 15.8. The molecular weight excluding hydrogens is 445 g/mol. The molecule has 0 saturated carbocycles. The molecule has 3 rings (SSSR count). The number of hydrogen-bond donors (Lipinski definition) is 2. The Morgan fingerprint density at radius 1 is 1.23 bits per heavy atom. The van der Waals surface area contributed by atoms with Crippen LogP contribution in [-0.2, 0) is 20.5 Å². The maximum atomic E-state index is 12.8. The van der Waals surface area contributed by atoms with Crippen LogP contribution in [0.15, 0.2) is 41.3 Å². The smallest absolute Gasteiger partial charge is 0.416 e. The third-order valence-corrected chi connectivity index (χ3v) is 5.56. The molecule has 1 heterocycles. The first-order chi connectivity index (χ1) is 14.0. The number of amides is 2. The van der Waals surface area contributed by atoms with Crippen molar-refractivity contribution >= 4 is 52.5 Å². The van der Waals surface area contributed by atoms with Gasteiger partial charge < -0.3 is 15.4 Å². The number of fused-ring (bicyclic) bond motifs is 1. The summed E-state index contributed by atoms with van der Waals surface area (Å²) in [5.74, 6) is -1.89. The van der Waals surface area contributed by atoms with Gasteiger partial charge in [0, 0.05) is 4.90 Å². The molecule has 1 unspecified atom stereocenters. The lowest BCUT2D eigenvalue weighted by Crippen LogP contribution is -2.26. The van der Waals surface area contributed by atoms with Gasteiger partial charge >= 0.3 is 12.1 Å². The highest BCUT2D eigenvalue weighted by molar-refractivity contribution is 8.00. The molecule has 2 amide bonds. The number of carbonyl (C=O) groups excluding carboxylic acids is 3. The summed E-state index contributed by atoms with van der Waals surface area (Å²) in [4.78, 5) is 36.7. The third-order valence-electron chi connectivity index (χ3n) is 4.05. The van der Waals surface area contributed by atoms with Crippen LogP contribution in [0.2, 0.25) is 5.02 Å². The van der Waals surface area contributed by atoms with Crippen LogP contribution in [0.4, 0.5) is 24.5 Å². The molecule has 0 spiro atoms. The number of thioether (sulfide) groups is 1. The number of benzene rings is 2. The highest BCUT2D eigenvalue weighted by atomic mass is 35.5. The monoisotopic (exact) mass is 458 g/mol. The number of rotatable bonds is 4. The fourth-order valence-corrected chi connectivity index (χ4v) is 3.63. The van der Waals surface area contributed by atoms with E-state index in [2.05, 4.69) is 10.6 Å². The summed E-state index contributed by atoms with van der Waals surface area (Å²) in [6.07, 6.45) is -4.60. The van der Waals surface area contributed by atoms with Crippen LogP contribution in [-0.4, -0.2) is 29.6 Å². The predicted octanol–water partition coefficient (Wildman–Crippen LogP) is 4.59. The maximum absolute atomic E-state index is 12.8. The molecule has 158 valence electrons. The summed E-state index contributed by atoms with van der Waals surface area (Å²) in [6.45, 7) is 1.01.